The zero-order valence-corrected chi connectivity index (χ0v) is 21.1. The number of amides is 1. The van der Waals surface area contributed by atoms with Crippen LogP contribution in [0.2, 0.25) is 0 Å². The van der Waals surface area contributed by atoms with E-state index in [-0.39, 0.29) is 41.3 Å². The second-order valence-electron chi connectivity index (χ2n) is 8.69. The Balaban J connectivity index is 1.46. The molecule has 1 fully saturated rings. The summed E-state index contributed by atoms with van der Waals surface area (Å²) in [5.74, 6) is -0.357. The summed E-state index contributed by atoms with van der Waals surface area (Å²) in [6.45, 7) is 3.82. The van der Waals surface area contributed by atoms with E-state index >= 15 is 0 Å². The predicted molar refractivity (Wildman–Crippen MR) is 134 cm³/mol. The molecule has 2 aromatic carbocycles. The van der Waals surface area contributed by atoms with E-state index in [1.807, 2.05) is 19.1 Å². The average molecular weight is 514 g/mol. The Morgan fingerprint density at radius 1 is 1.17 bits per heavy atom. The summed E-state index contributed by atoms with van der Waals surface area (Å²) in [6, 6.07) is 11.7. The van der Waals surface area contributed by atoms with Crippen molar-refractivity contribution in [3.8, 4) is 5.75 Å². The van der Waals surface area contributed by atoms with Gasteiger partial charge in [0.15, 0.2) is 10.7 Å². The average Bonchev–Trinajstić information content (AvgIpc) is 3.24. The summed E-state index contributed by atoms with van der Waals surface area (Å²) in [5.41, 5.74) is 2.08. The molecule has 190 valence electrons. The van der Waals surface area contributed by atoms with Gasteiger partial charge in [-0.25, -0.2) is 12.8 Å². The zero-order chi connectivity index (χ0) is 25.9. The van der Waals surface area contributed by atoms with Gasteiger partial charge in [0.25, 0.3) is 0 Å². The van der Waals surface area contributed by atoms with Gasteiger partial charge in [-0.15, -0.1) is 0 Å². The number of halogens is 1. The van der Waals surface area contributed by atoms with Crippen LogP contribution >= 0.6 is 0 Å². The minimum absolute atomic E-state index is 0.0298. The van der Waals surface area contributed by atoms with Gasteiger partial charge < -0.3 is 14.6 Å². The number of rotatable bonds is 7. The molecular weight excluding hydrogens is 485 g/mol. The highest BCUT2D eigenvalue weighted by molar-refractivity contribution is 7.89. The molecule has 0 atom stereocenters. The van der Waals surface area contributed by atoms with Crippen LogP contribution in [0.25, 0.3) is 12.2 Å². The number of ether oxygens (including phenoxy) is 1. The number of aryl methyl sites for hydroxylation is 2. The second-order valence-corrected chi connectivity index (χ2v) is 10.6. The van der Waals surface area contributed by atoms with Crippen molar-refractivity contribution >= 4 is 33.8 Å². The molecule has 4 rings (SSSR count). The van der Waals surface area contributed by atoms with E-state index in [0.29, 0.717) is 29.8 Å². The van der Waals surface area contributed by atoms with Crippen LogP contribution < -0.4 is 10.1 Å². The molecule has 1 N–H and O–H groups in total. The summed E-state index contributed by atoms with van der Waals surface area (Å²) in [5, 5.41) is 6.74. The molecule has 0 saturated carbocycles. The molecule has 10 heteroatoms. The smallest absolute Gasteiger partial charge is 0.248 e. The first-order valence-electron chi connectivity index (χ1n) is 11.5. The maximum absolute atomic E-state index is 14.0. The Bertz CT molecular complexity index is 1390. The molecule has 0 aliphatic carbocycles. The minimum atomic E-state index is -3.94. The van der Waals surface area contributed by atoms with E-state index in [4.69, 9.17) is 9.26 Å². The summed E-state index contributed by atoms with van der Waals surface area (Å²) < 4.78 is 52.8. The van der Waals surface area contributed by atoms with Crippen molar-refractivity contribution < 1.29 is 26.9 Å². The fraction of sp³-hybridized carbons (Fsp3) is 0.308. The molecular formula is C26H28FN3O5S. The van der Waals surface area contributed by atoms with Crippen molar-refractivity contribution in [2.24, 2.45) is 5.92 Å². The highest BCUT2D eigenvalue weighted by atomic mass is 32.2. The number of hydrogen-bond donors (Lipinski definition) is 1. The van der Waals surface area contributed by atoms with Gasteiger partial charge in [0.2, 0.25) is 15.9 Å². The molecule has 1 amide bonds. The molecule has 1 aromatic heterocycles. The fourth-order valence-corrected chi connectivity index (χ4v) is 5.94. The number of anilines is 1. The number of carbonyl (C=O) groups is 1. The van der Waals surface area contributed by atoms with Gasteiger partial charge in [-0.1, -0.05) is 29.4 Å². The molecule has 2 heterocycles. The number of carbonyl (C=O) groups excluding carboxylic acids is 1. The Hall–Kier alpha value is -3.50. The molecule has 0 bridgehead atoms. The molecule has 1 aliphatic rings. The SMILES string of the molecule is COc1ccc(C)cc1NC(=O)C1CCN(S(=O)(=O)c2c(C)noc2/C=C/c2ccccc2F)CC1. The maximum Gasteiger partial charge on any atom is 0.248 e. The number of sulfonamides is 1. The lowest BCUT2D eigenvalue weighted by atomic mass is 9.97. The quantitative estimate of drug-likeness (QED) is 0.494. The highest BCUT2D eigenvalue weighted by Crippen LogP contribution is 2.31. The summed E-state index contributed by atoms with van der Waals surface area (Å²) in [7, 11) is -2.40. The number of methoxy groups -OCH3 is 1. The van der Waals surface area contributed by atoms with E-state index in [9.17, 15) is 17.6 Å². The van der Waals surface area contributed by atoms with Crippen LogP contribution in [-0.4, -0.2) is 44.0 Å². The van der Waals surface area contributed by atoms with Gasteiger partial charge in [0.05, 0.1) is 12.8 Å². The van der Waals surface area contributed by atoms with Crippen molar-refractivity contribution in [2.75, 3.05) is 25.5 Å². The van der Waals surface area contributed by atoms with Gasteiger partial charge >= 0.3 is 0 Å². The second kappa shape index (κ2) is 10.6. The molecule has 8 nitrogen and oxygen atoms in total. The van der Waals surface area contributed by atoms with E-state index in [2.05, 4.69) is 10.5 Å². The highest BCUT2D eigenvalue weighted by Gasteiger charge is 2.36. The molecule has 0 unspecified atom stereocenters. The summed E-state index contributed by atoms with van der Waals surface area (Å²) in [6.07, 6.45) is 3.58. The van der Waals surface area contributed by atoms with Gasteiger partial charge in [-0.3, -0.25) is 4.79 Å². The van der Waals surface area contributed by atoms with Crippen LogP contribution in [0.4, 0.5) is 10.1 Å². The normalized spacial score (nSPS) is 15.3. The number of nitrogens with zero attached hydrogens (tertiary/aromatic N) is 2. The van der Waals surface area contributed by atoms with Gasteiger partial charge in [0.1, 0.15) is 17.3 Å². The molecule has 0 radical (unpaired) electrons. The standard InChI is InChI=1S/C26H28FN3O5S/c1-17-8-10-23(34-3)22(16-17)28-26(31)20-12-14-30(15-13-20)36(32,33)25-18(2)29-35-24(25)11-9-19-6-4-5-7-21(19)27/h4-11,16,20H,12-15H2,1-3H3,(H,28,31)/b11-9+. The molecule has 36 heavy (non-hydrogen) atoms. The molecule has 0 spiro atoms. The van der Waals surface area contributed by atoms with Crippen LogP contribution in [0.5, 0.6) is 5.75 Å². The third-order valence-electron chi connectivity index (χ3n) is 6.19. The Labute approximate surface area is 209 Å². The maximum atomic E-state index is 14.0. The number of aromatic nitrogens is 1. The summed E-state index contributed by atoms with van der Waals surface area (Å²) >= 11 is 0. The molecule has 3 aromatic rings. The van der Waals surface area contributed by atoms with E-state index in [0.717, 1.165) is 5.56 Å². The molecule has 1 aliphatic heterocycles. The third-order valence-corrected chi connectivity index (χ3v) is 8.25. The number of hydrogen-bond acceptors (Lipinski definition) is 6. The lowest BCUT2D eigenvalue weighted by molar-refractivity contribution is -0.120. The summed E-state index contributed by atoms with van der Waals surface area (Å²) in [4.78, 5) is 12.8. The largest absolute Gasteiger partial charge is 0.495 e. The first-order valence-corrected chi connectivity index (χ1v) is 13.0. The van der Waals surface area contributed by atoms with Crippen molar-refractivity contribution in [1.82, 2.24) is 9.46 Å². The van der Waals surface area contributed by atoms with Gasteiger partial charge in [-0.2, -0.15) is 4.31 Å². The number of piperidine rings is 1. The van der Waals surface area contributed by atoms with Crippen LogP contribution in [0.3, 0.4) is 0 Å². The van der Waals surface area contributed by atoms with Crippen LogP contribution in [-0.2, 0) is 14.8 Å². The lowest BCUT2D eigenvalue weighted by Crippen LogP contribution is -2.41. The topological polar surface area (TPSA) is 102 Å². The third kappa shape index (κ3) is 5.34. The van der Waals surface area contributed by atoms with Crippen LogP contribution in [0.15, 0.2) is 51.9 Å². The number of benzene rings is 2. The van der Waals surface area contributed by atoms with Gasteiger partial charge in [-0.05, 0) is 62.6 Å². The Kier molecular flexibility index (Phi) is 7.56. The van der Waals surface area contributed by atoms with Crippen LogP contribution in [0, 0.1) is 25.6 Å². The van der Waals surface area contributed by atoms with Gasteiger partial charge in [0, 0.05) is 24.6 Å². The first kappa shape index (κ1) is 25.6. The van der Waals surface area contributed by atoms with Crippen LogP contribution in [0.1, 0.15) is 35.4 Å². The van der Waals surface area contributed by atoms with Crippen molar-refractivity contribution in [2.45, 2.75) is 31.6 Å². The first-order chi connectivity index (χ1) is 17.2. The van der Waals surface area contributed by atoms with E-state index in [1.54, 1.807) is 31.2 Å². The van der Waals surface area contributed by atoms with Crippen molar-refractivity contribution in [3.63, 3.8) is 0 Å². The lowest BCUT2D eigenvalue weighted by Gasteiger charge is -2.30. The molecule has 1 saturated heterocycles. The Morgan fingerprint density at radius 2 is 1.89 bits per heavy atom. The van der Waals surface area contributed by atoms with Crippen molar-refractivity contribution in [1.29, 1.82) is 0 Å². The van der Waals surface area contributed by atoms with E-state index < -0.39 is 15.8 Å². The monoisotopic (exact) mass is 513 g/mol. The fourth-order valence-electron chi connectivity index (χ4n) is 4.22. The minimum Gasteiger partial charge on any atom is -0.495 e. The van der Waals surface area contributed by atoms with E-state index in [1.165, 1.54) is 29.6 Å². The van der Waals surface area contributed by atoms with Crippen molar-refractivity contribution in [3.05, 3.63) is 70.9 Å². The predicted octanol–water partition coefficient (Wildman–Crippen LogP) is 4.65. The Morgan fingerprint density at radius 3 is 2.58 bits per heavy atom. The zero-order valence-electron chi connectivity index (χ0n) is 20.3. The number of nitrogens with one attached hydrogen (secondary N) is 1.